The molecule has 2 heterocycles. The fourth-order valence-corrected chi connectivity index (χ4v) is 4.10. The first-order valence-corrected chi connectivity index (χ1v) is 9.10. The van der Waals surface area contributed by atoms with Crippen LogP contribution in [0.2, 0.25) is 0 Å². The van der Waals surface area contributed by atoms with Crippen LogP contribution < -0.4 is 5.32 Å². The minimum Gasteiger partial charge on any atom is -0.356 e. The molecule has 5 nitrogen and oxygen atoms in total. The van der Waals surface area contributed by atoms with Crippen LogP contribution in [0.3, 0.4) is 0 Å². The molecule has 0 bridgehead atoms. The molecule has 122 valence electrons. The number of hydrogen-bond donors (Lipinski definition) is 1. The molecule has 1 amide bonds. The minimum atomic E-state index is -0.0173. The van der Waals surface area contributed by atoms with Gasteiger partial charge in [-0.3, -0.25) is 4.79 Å². The third kappa shape index (κ3) is 3.42. The number of amides is 1. The molecule has 1 aromatic rings. The van der Waals surface area contributed by atoms with Gasteiger partial charge in [-0.1, -0.05) is 33.6 Å². The average Bonchev–Trinajstić information content (AvgIpc) is 3.19. The molecule has 1 aromatic heterocycles. The number of anilines is 1. The Hall–Kier alpha value is -1.17. The normalized spacial score (nSPS) is 23.2. The van der Waals surface area contributed by atoms with Gasteiger partial charge >= 0.3 is 0 Å². The summed E-state index contributed by atoms with van der Waals surface area (Å²) < 4.78 is 4.43. The minimum absolute atomic E-state index is 0.0173. The van der Waals surface area contributed by atoms with E-state index in [4.69, 9.17) is 0 Å². The molecule has 2 aliphatic rings. The van der Waals surface area contributed by atoms with Gasteiger partial charge < -0.3 is 10.2 Å². The van der Waals surface area contributed by atoms with Crippen LogP contribution in [0, 0.1) is 5.92 Å². The van der Waals surface area contributed by atoms with Crippen LogP contribution in [0.15, 0.2) is 0 Å². The Morgan fingerprint density at radius 2 is 2.00 bits per heavy atom. The summed E-state index contributed by atoms with van der Waals surface area (Å²) in [6.07, 6.45) is 5.60. The lowest BCUT2D eigenvalue weighted by atomic mass is 9.96. The average molecular weight is 322 g/mol. The summed E-state index contributed by atoms with van der Waals surface area (Å²) in [7, 11) is 0. The summed E-state index contributed by atoms with van der Waals surface area (Å²) in [4.78, 5) is 19.1. The molecule has 1 saturated heterocycles. The second-order valence-electron chi connectivity index (χ2n) is 7.57. The molecule has 3 rings (SSSR count). The number of nitrogens with zero attached hydrogens (tertiary/aromatic N) is 3. The molecule has 1 atom stereocenters. The zero-order valence-corrected chi connectivity index (χ0v) is 14.6. The van der Waals surface area contributed by atoms with Crippen LogP contribution in [-0.2, 0) is 10.2 Å². The summed E-state index contributed by atoms with van der Waals surface area (Å²) in [5.74, 6) is 1.54. The van der Waals surface area contributed by atoms with Crippen LogP contribution in [0.5, 0.6) is 0 Å². The molecule has 1 aliphatic carbocycles. The van der Waals surface area contributed by atoms with Gasteiger partial charge in [0.15, 0.2) is 0 Å². The van der Waals surface area contributed by atoms with Gasteiger partial charge in [-0.2, -0.15) is 4.37 Å². The van der Waals surface area contributed by atoms with Gasteiger partial charge in [0.2, 0.25) is 11.0 Å². The van der Waals surface area contributed by atoms with E-state index in [-0.39, 0.29) is 11.3 Å². The Labute approximate surface area is 136 Å². The van der Waals surface area contributed by atoms with Crippen molar-refractivity contribution in [3.05, 3.63) is 5.82 Å². The van der Waals surface area contributed by atoms with E-state index >= 15 is 0 Å². The molecule has 1 N–H and O–H groups in total. The van der Waals surface area contributed by atoms with E-state index in [1.165, 1.54) is 24.4 Å². The van der Waals surface area contributed by atoms with Gasteiger partial charge in [0.1, 0.15) is 5.82 Å². The zero-order valence-electron chi connectivity index (χ0n) is 13.8. The Bertz CT molecular complexity index is 530. The SMILES string of the molecule is CC(C)(C)c1nsc(NC2CCN(C(=O)C3CCCC3)C2)n1. The third-order valence-corrected chi connectivity index (χ3v) is 5.28. The van der Waals surface area contributed by atoms with Gasteiger partial charge in [-0.05, 0) is 19.3 Å². The van der Waals surface area contributed by atoms with Gasteiger partial charge in [-0.15, -0.1) is 0 Å². The van der Waals surface area contributed by atoms with Crippen molar-refractivity contribution in [1.29, 1.82) is 0 Å². The molecule has 1 aliphatic heterocycles. The van der Waals surface area contributed by atoms with Crippen molar-refractivity contribution in [2.24, 2.45) is 5.92 Å². The first kappa shape index (κ1) is 15.7. The topological polar surface area (TPSA) is 58.1 Å². The summed E-state index contributed by atoms with van der Waals surface area (Å²) in [5.41, 5.74) is -0.0173. The van der Waals surface area contributed by atoms with Crippen LogP contribution >= 0.6 is 11.5 Å². The predicted octanol–water partition coefficient (Wildman–Crippen LogP) is 3.04. The molecule has 6 heteroatoms. The number of likely N-dealkylation sites (tertiary alicyclic amines) is 1. The Kier molecular flexibility index (Phi) is 4.39. The number of nitrogens with one attached hydrogen (secondary N) is 1. The number of aromatic nitrogens is 2. The second kappa shape index (κ2) is 6.14. The van der Waals surface area contributed by atoms with Crippen LogP contribution in [-0.4, -0.2) is 39.3 Å². The molecular weight excluding hydrogens is 296 g/mol. The molecule has 0 spiro atoms. The standard InChI is InChI=1S/C16H26N4OS/c1-16(2,3)14-18-15(22-19-14)17-12-8-9-20(10-12)13(21)11-6-4-5-7-11/h11-12H,4-10H2,1-3H3,(H,17,18,19). The van der Waals surface area contributed by atoms with Gasteiger partial charge in [0.05, 0.1) is 0 Å². The number of rotatable bonds is 3. The maximum absolute atomic E-state index is 12.5. The zero-order chi connectivity index (χ0) is 15.7. The molecule has 2 fully saturated rings. The fourth-order valence-electron chi connectivity index (χ4n) is 3.27. The van der Waals surface area contributed by atoms with E-state index < -0.39 is 0 Å². The summed E-state index contributed by atoms with van der Waals surface area (Å²) in [6, 6.07) is 0.311. The smallest absolute Gasteiger partial charge is 0.225 e. The lowest BCUT2D eigenvalue weighted by Crippen LogP contribution is -2.35. The lowest BCUT2D eigenvalue weighted by molar-refractivity contribution is -0.134. The first-order valence-electron chi connectivity index (χ1n) is 8.33. The van der Waals surface area contributed by atoms with Crippen molar-refractivity contribution in [1.82, 2.24) is 14.3 Å². The van der Waals surface area contributed by atoms with E-state index in [0.717, 1.165) is 43.3 Å². The van der Waals surface area contributed by atoms with Crippen molar-refractivity contribution in [3.8, 4) is 0 Å². The molecular formula is C16H26N4OS. The van der Waals surface area contributed by atoms with Crippen molar-refractivity contribution in [3.63, 3.8) is 0 Å². The first-order chi connectivity index (χ1) is 10.4. The lowest BCUT2D eigenvalue weighted by Gasteiger charge is -2.20. The molecule has 0 radical (unpaired) electrons. The number of carbonyl (C=O) groups excluding carboxylic acids is 1. The molecule has 1 saturated carbocycles. The predicted molar refractivity (Wildman–Crippen MR) is 89.2 cm³/mol. The quantitative estimate of drug-likeness (QED) is 0.929. The van der Waals surface area contributed by atoms with Crippen LogP contribution in [0.1, 0.15) is 58.7 Å². The summed E-state index contributed by atoms with van der Waals surface area (Å²) in [6.45, 7) is 8.04. The highest BCUT2D eigenvalue weighted by atomic mass is 32.1. The van der Waals surface area contributed by atoms with E-state index in [1.807, 2.05) is 4.90 Å². The highest BCUT2D eigenvalue weighted by molar-refractivity contribution is 7.09. The monoisotopic (exact) mass is 322 g/mol. The highest BCUT2D eigenvalue weighted by Crippen LogP contribution is 2.29. The highest BCUT2D eigenvalue weighted by Gasteiger charge is 2.32. The van der Waals surface area contributed by atoms with E-state index in [1.54, 1.807) is 0 Å². The summed E-state index contributed by atoms with van der Waals surface area (Å²) >= 11 is 1.42. The van der Waals surface area contributed by atoms with Crippen molar-refractivity contribution in [2.45, 2.75) is 64.3 Å². The summed E-state index contributed by atoms with van der Waals surface area (Å²) in [5, 5.41) is 4.34. The van der Waals surface area contributed by atoms with E-state index in [9.17, 15) is 4.79 Å². The van der Waals surface area contributed by atoms with Crippen molar-refractivity contribution >= 4 is 22.6 Å². The third-order valence-electron chi connectivity index (χ3n) is 4.63. The van der Waals surface area contributed by atoms with Crippen molar-refractivity contribution < 1.29 is 4.79 Å². The van der Waals surface area contributed by atoms with E-state index in [0.29, 0.717) is 11.9 Å². The van der Waals surface area contributed by atoms with Crippen molar-refractivity contribution in [2.75, 3.05) is 18.4 Å². The molecule has 0 aromatic carbocycles. The molecule has 22 heavy (non-hydrogen) atoms. The largest absolute Gasteiger partial charge is 0.356 e. The maximum atomic E-state index is 12.5. The maximum Gasteiger partial charge on any atom is 0.225 e. The molecule has 1 unspecified atom stereocenters. The van der Waals surface area contributed by atoms with Gasteiger partial charge in [0, 0.05) is 42.0 Å². The Morgan fingerprint density at radius 1 is 1.27 bits per heavy atom. The second-order valence-corrected chi connectivity index (χ2v) is 8.32. The van der Waals surface area contributed by atoms with Crippen LogP contribution in [0.4, 0.5) is 5.13 Å². The Morgan fingerprint density at radius 3 is 2.64 bits per heavy atom. The Balaban J connectivity index is 1.54. The van der Waals surface area contributed by atoms with Gasteiger partial charge in [-0.25, -0.2) is 4.98 Å². The van der Waals surface area contributed by atoms with E-state index in [2.05, 4.69) is 35.4 Å². The van der Waals surface area contributed by atoms with Crippen LogP contribution in [0.25, 0.3) is 0 Å². The van der Waals surface area contributed by atoms with Gasteiger partial charge in [0.25, 0.3) is 0 Å². The fraction of sp³-hybridized carbons (Fsp3) is 0.812. The number of hydrogen-bond acceptors (Lipinski definition) is 5. The number of carbonyl (C=O) groups is 1.